The summed E-state index contributed by atoms with van der Waals surface area (Å²) in [6.07, 6.45) is 0. The van der Waals surface area contributed by atoms with Gasteiger partial charge in [0.25, 0.3) is 0 Å². The van der Waals surface area contributed by atoms with Crippen LogP contribution in [0, 0.1) is 12.3 Å². The zero-order valence-electron chi connectivity index (χ0n) is 14.6. The van der Waals surface area contributed by atoms with Crippen LogP contribution in [-0.4, -0.2) is 32.2 Å². The van der Waals surface area contributed by atoms with E-state index in [0.717, 1.165) is 11.0 Å². The third kappa shape index (κ3) is 4.44. The number of nitrogens with zero attached hydrogens (tertiary/aromatic N) is 3. The fourth-order valence-electron chi connectivity index (χ4n) is 1.78. The molecule has 6 nitrogen and oxygen atoms in total. The molecular weight excluding hydrogens is 324 g/mol. The SMILES string of the molecule is Cc1nnc(SCC(=O)c2ccc(NC(=O)C(C)(C)C)cc2)n1C. The van der Waals surface area contributed by atoms with Gasteiger partial charge in [-0.05, 0) is 31.2 Å². The Bertz CT molecular complexity index is 745. The first-order valence-electron chi connectivity index (χ1n) is 7.62. The summed E-state index contributed by atoms with van der Waals surface area (Å²) in [6.45, 7) is 7.42. The van der Waals surface area contributed by atoms with Gasteiger partial charge in [-0.15, -0.1) is 10.2 Å². The predicted molar refractivity (Wildman–Crippen MR) is 95.3 cm³/mol. The van der Waals surface area contributed by atoms with Gasteiger partial charge in [-0.1, -0.05) is 32.5 Å². The second-order valence-corrected chi connectivity index (χ2v) is 7.52. The molecule has 7 heteroatoms. The Morgan fingerprint density at radius 3 is 2.29 bits per heavy atom. The number of benzene rings is 1. The molecule has 0 aliphatic rings. The maximum absolute atomic E-state index is 12.3. The molecule has 1 aromatic heterocycles. The van der Waals surface area contributed by atoms with Crippen molar-refractivity contribution >= 4 is 29.1 Å². The van der Waals surface area contributed by atoms with Gasteiger partial charge in [-0.2, -0.15) is 0 Å². The highest BCUT2D eigenvalue weighted by Crippen LogP contribution is 2.20. The summed E-state index contributed by atoms with van der Waals surface area (Å²) in [6, 6.07) is 6.94. The number of Topliss-reactive ketones (excluding diaryl/α,β-unsaturated/α-hetero) is 1. The summed E-state index contributed by atoms with van der Waals surface area (Å²) in [5, 5.41) is 11.5. The zero-order valence-corrected chi connectivity index (χ0v) is 15.4. The molecule has 0 unspecified atom stereocenters. The second-order valence-electron chi connectivity index (χ2n) is 6.58. The first-order valence-corrected chi connectivity index (χ1v) is 8.60. The van der Waals surface area contributed by atoms with Crippen molar-refractivity contribution in [2.45, 2.75) is 32.9 Å². The lowest BCUT2D eigenvalue weighted by atomic mass is 9.95. The monoisotopic (exact) mass is 346 g/mol. The van der Waals surface area contributed by atoms with Crippen LogP contribution in [0.4, 0.5) is 5.69 Å². The summed E-state index contributed by atoms with van der Waals surface area (Å²) in [5.41, 5.74) is 0.831. The van der Waals surface area contributed by atoms with Crippen molar-refractivity contribution in [2.24, 2.45) is 12.5 Å². The maximum Gasteiger partial charge on any atom is 0.229 e. The maximum atomic E-state index is 12.3. The van der Waals surface area contributed by atoms with E-state index in [1.807, 2.05) is 39.3 Å². The Morgan fingerprint density at radius 2 is 1.79 bits per heavy atom. The van der Waals surface area contributed by atoms with Gasteiger partial charge in [0.05, 0.1) is 5.75 Å². The normalized spacial score (nSPS) is 11.4. The van der Waals surface area contributed by atoms with Crippen LogP contribution in [0.1, 0.15) is 37.0 Å². The van der Waals surface area contributed by atoms with Crippen molar-refractivity contribution in [3.8, 4) is 0 Å². The summed E-state index contributed by atoms with van der Waals surface area (Å²) in [5.74, 6) is 1.05. The van der Waals surface area contributed by atoms with E-state index in [1.54, 1.807) is 24.3 Å². The first-order chi connectivity index (χ1) is 11.2. The summed E-state index contributed by atoms with van der Waals surface area (Å²) in [7, 11) is 1.87. The second kappa shape index (κ2) is 7.17. The third-order valence-corrected chi connectivity index (χ3v) is 4.55. The number of rotatable bonds is 5. The summed E-state index contributed by atoms with van der Waals surface area (Å²) >= 11 is 1.36. The van der Waals surface area contributed by atoms with Crippen molar-refractivity contribution in [3.05, 3.63) is 35.7 Å². The number of anilines is 1. The van der Waals surface area contributed by atoms with E-state index >= 15 is 0 Å². The quantitative estimate of drug-likeness (QED) is 0.665. The van der Waals surface area contributed by atoms with Crippen LogP contribution in [0.3, 0.4) is 0 Å². The molecule has 0 saturated carbocycles. The van der Waals surface area contributed by atoms with Crippen LogP contribution in [0.2, 0.25) is 0 Å². The molecule has 0 aliphatic carbocycles. The van der Waals surface area contributed by atoms with Gasteiger partial charge < -0.3 is 9.88 Å². The van der Waals surface area contributed by atoms with Gasteiger partial charge in [-0.25, -0.2) is 0 Å². The Balaban J connectivity index is 1.96. The smallest absolute Gasteiger partial charge is 0.229 e. The number of aryl methyl sites for hydroxylation is 1. The van der Waals surface area contributed by atoms with Gasteiger partial charge in [0.1, 0.15) is 5.82 Å². The Kier molecular flexibility index (Phi) is 5.43. The highest BCUT2D eigenvalue weighted by molar-refractivity contribution is 7.99. The van der Waals surface area contributed by atoms with Gasteiger partial charge >= 0.3 is 0 Å². The molecule has 0 atom stereocenters. The molecule has 1 amide bonds. The highest BCUT2D eigenvalue weighted by Gasteiger charge is 2.21. The van der Waals surface area contributed by atoms with Crippen LogP contribution in [0.25, 0.3) is 0 Å². The van der Waals surface area contributed by atoms with Crippen molar-refractivity contribution in [1.29, 1.82) is 0 Å². The van der Waals surface area contributed by atoms with Crippen LogP contribution >= 0.6 is 11.8 Å². The fourth-order valence-corrected chi connectivity index (χ4v) is 2.64. The van der Waals surface area contributed by atoms with Crippen LogP contribution in [0.15, 0.2) is 29.4 Å². The minimum atomic E-state index is -0.459. The molecule has 24 heavy (non-hydrogen) atoms. The number of thioether (sulfide) groups is 1. The Hall–Kier alpha value is -2.15. The molecule has 2 aromatic rings. The van der Waals surface area contributed by atoms with E-state index in [-0.39, 0.29) is 11.7 Å². The molecule has 0 spiro atoms. The lowest BCUT2D eigenvalue weighted by Crippen LogP contribution is -2.27. The lowest BCUT2D eigenvalue weighted by molar-refractivity contribution is -0.123. The molecule has 0 fully saturated rings. The number of nitrogens with one attached hydrogen (secondary N) is 1. The van der Waals surface area contributed by atoms with E-state index in [0.29, 0.717) is 17.0 Å². The zero-order chi connectivity index (χ0) is 17.9. The predicted octanol–water partition coefficient (Wildman–Crippen LogP) is 3.08. The summed E-state index contributed by atoms with van der Waals surface area (Å²) < 4.78 is 1.85. The molecule has 0 saturated heterocycles. The Morgan fingerprint density at radius 1 is 1.17 bits per heavy atom. The molecule has 128 valence electrons. The van der Waals surface area contributed by atoms with E-state index in [1.165, 1.54) is 11.8 Å². The topological polar surface area (TPSA) is 76.9 Å². The minimum absolute atomic E-state index is 0.00866. The summed E-state index contributed by atoms with van der Waals surface area (Å²) in [4.78, 5) is 24.2. The lowest BCUT2D eigenvalue weighted by Gasteiger charge is -2.17. The molecule has 0 aliphatic heterocycles. The first kappa shape index (κ1) is 18.2. The number of amides is 1. The number of hydrogen-bond donors (Lipinski definition) is 1. The van der Waals surface area contributed by atoms with Gasteiger partial charge in [-0.3, -0.25) is 9.59 Å². The molecule has 1 N–H and O–H groups in total. The fraction of sp³-hybridized carbons (Fsp3) is 0.412. The van der Waals surface area contributed by atoms with Crippen molar-refractivity contribution in [3.63, 3.8) is 0 Å². The third-order valence-electron chi connectivity index (χ3n) is 3.53. The molecule has 0 radical (unpaired) electrons. The molecule has 1 heterocycles. The van der Waals surface area contributed by atoms with E-state index in [2.05, 4.69) is 15.5 Å². The van der Waals surface area contributed by atoms with Crippen LogP contribution in [-0.2, 0) is 11.8 Å². The average molecular weight is 346 g/mol. The number of aromatic nitrogens is 3. The number of carbonyl (C=O) groups excluding carboxylic acids is 2. The standard InChI is InChI=1S/C17H22N4O2S/c1-11-19-20-16(21(11)5)24-10-14(22)12-6-8-13(9-7-12)18-15(23)17(2,3)4/h6-9H,10H2,1-5H3,(H,18,23). The van der Waals surface area contributed by atoms with Crippen molar-refractivity contribution in [2.75, 3.05) is 11.1 Å². The number of carbonyl (C=O) groups is 2. The number of ketones is 1. The largest absolute Gasteiger partial charge is 0.326 e. The number of hydrogen-bond acceptors (Lipinski definition) is 5. The van der Waals surface area contributed by atoms with Crippen LogP contribution < -0.4 is 5.32 Å². The molecular formula is C17H22N4O2S. The van der Waals surface area contributed by atoms with Gasteiger partial charge in [0.2, 0.25) is 5.91 Å². The van der Waals surface area contributed by atoms with Crippen LogP contribution in [0.5, 0.6) is 0 Å². The van der Waals surface area contributed by atoms with Crippen molar-refractivity contribution < 1.29 is 9.59 Å². The van der Waals surface area contributed by atoms with Crippen molar-refractivity contribution in [1.82, 2.24) is 14.8 Å². The molecule has 1 aromatic carbocycles. The van der Waals surface area contributed by atoms with Gasteiger partial charge in [0.15, 0.2) is 10.9 Å². The van der Waals surface area contributed by atoms with E-state index in [4.69, 9.17) is 0 Å². The van der Waals surface area contributed by atoms with E-state index in [9.17, 15) is 9.59 Å². The average Bonchev–Trinajstić information content (AvgIpc) is 2.84. The molecule has 2 rings (SSSR count). The van der Waals surface area contributed by atoms with E-state index < -0.39 is 5.41 Å². The Labute approximate surface area is 146 Å². The molecule has 0 bridgehead atoms. The minimum Gasteiger partial charge on any atom is -0.326 e. The highest BCUT2D eigenvalue weighted by atomic mass is 32.2. The van der Waals surface area contributed by atoms with Gasteiger partial charge in [0, 0.05) is 23.7 Å².